The van der Waals surface area contributed by atoms with Crippen molar-refractivity contribution in [1.82, 2.24) is 20.9 Å². The molecular weight excluding hydrogens is 965 g/mol. The number of aromatic nitrogens is 1. The Morgan fingerprint density at radius 3 is 1.39 bits per heavy atom. The maximum atomic E-state index is 6.05. The minimum absolute atomic E-state index is 0.431. The Balaban J connectivity index is 0.000000108. The predicted octanol–water partition coefficient (Wildman–Crippen LogP) is 16.4. The zero-order chi connectivity index (χ0) is 52.8. The van der Waals surface area contributed by atoms with Gasteiger partial charge in [0.05, 0.1) is 5.52 Å². The van der Waals surface area contributed by atoms with Gasteiger partial charge < -0.3 is 25.4 Å². The summed E-state index contributed by atoms with van der Waals surface area (Å²) in [6.45, 7) is 6.44. The zero-order valence-corrected chi connectivity index (χ0v) is 47.2. The van der Waals surface area contributed by atoms with E-state index in [-0.39, 0.29) is 0 Å². The molecule has 3 N–H and O–H groups in total. The van der Waals surface area contributed by atoms with Crippen molar-refractivity contribution >= 4 is 21.7 Å². The van der Waals surface area contributed by atoms with Crippen LogP contribution in [0.3, 0.4) is 0 Å². The first-order valence-corrected chi connectivity index (χ1v) is 31.2. The summed E-state index contributed by atoms with van der Waals surface area (Å²) in [6.07, 6.45) is 28.2. The van der Waals surface area contributed by atoms with Gasteiger partial charge in [-0.1, -0.05) is 97.1 Å². The Kier molecular flexibility index (Phi) is 14.4. The lowest BCUT2D eigenvalue weighted by Crippen LogP contribution is -2.58. The Bertz CT molecular complexity index is 3110. The highest BCUT2D eigenvalue weighted by atomic mass is 16.5. The molecule has 0 aliphatic heterocycles. The van der Waals surface area contributed by atoms with Gasteiger partial charge in [-0.2, -0.15) is 0 Å². The van der Waals surface area contributed by atoms with E-state index in [0.717, 1.165) is 89.9 Å². The topological polar surface area (TPSA) is 67.4 Å². The number of rotatable bonds is 15. The van der Waals surface area contributed by atoms with Gasteiger partial charge in [-0.05, 0) is 268 Å². The molecule has 19 rings (SSSR count). The summed E-state index contributed by atoms with van der Waals surface area (Å²) in [5.74, 6) is 10.9. The van der Waals surface area contributed by atoms with Crippen molar-refractivity contribution in [2.75, 3.05) is 0 Å². The van der Waals surface area contributed by atoms with Crippen LogP contribution in [-0.4, -0.2) is 21.6 Å². The van der Waals surface area contributed by atoms with Crippen LogP contribution in [0.4, 0.5) is 0 Å². The van der Waals surface area contributed by atoms with Crippen molar-refractivity contribution in [2.45, 2.75) is 172 Å². The maximum absolute atomic E-state index is 6.05. The number of pyridine rings is 1. The third kappa shape index (κ3) is 11.8. The highest BCUT2D eigenvalue weighted by Crippen LogP contribution is 2.58. The molecule has 12 saturated carbocycles. The smallest absolute Gasteiger partial charge is 0.120 e. The van der Waals surface area contributed by atoms with Crippen LogP contribution in [0.25, 0.3) is 21.7 Å². The number of ether oxygens (including phenoxy) is 2. The quantitative estimate of drug-likeness (QED) is 0.0951. The predicted molar refractivity (Wildman–Crippen MR) is 322 cm³/mol. The van der Waals surface area contributed by atoms with Crippen molar-refractivity contribution in [3.63, 3.8) is 0 Å². The molecule has 6 aromatic carbocycles. The van der Waals surface area contributed by atoms with E-state index in [0.29, 0.717) is 29.8 Å². The molecule has 12 aliphatic rings. The first-order chi connectivity index (χ1) is 38.7. The molecular formula is C73H86N4O2. The van der Waals surface area contributed by atoms with E-state index in [9.17, 15) is 0 Å². The number of aryl methyl sites for hydroxylation is 1. The van der Waals surface area contributed by atoms with Crippen LogP contribution in [0, 0.1) is 60.2 Å². The average molecular weight is 1050 g/mol. The molecule has 12 fully saturated rings. The number of nitrogens with one attached hydrogen (secondary N) is 3. The van der Waals surface area contributed by atoms with Crippen LogP contribution in [0.2, 0.25) is 0 Å². The molecule has 79 heavy (non-hydrogen) atoms. The fourth-order valence-electron chi connectivity index (χ4n) is 19.0. The molecule has 7 aromatic rings. The molecule has 6 heteroatoms. The fourth-order valence-corrected chi connectivity index (χ4v) is 19.0. The lowest BCUT2D eigenvalue weighted by atomic mass is 9.53. The number of nitrogens with zero attached hydrogens (tertiary/aromatic N) is 1. The van der Waals surface area contributed by atoms with Crippen molar-refractivity contribution < 1.29 is 9.47 Å². The molecule has 6 nitrogen and oxygen atoms in total. The molecule has 0 atom stereocenters. The standard InChI is InChI=1S/C28H31NO.C25H31NO.C20H24N2/c1-2-4-26-14-21(5-8-25(26)3-1)19-30-27-9-6-20(7-10-27)18-29-28-15-22-11-23(16-28)13-24(12-22)17-28;1-18-9-24(27-17-19-5-3-2-4-6-19)8-7-23(18)16-26-25-13-20-10-21(14-25)12-22(11-20)15-25;1-2-18-9-14(3-4-19(18)21-5-1)13-22-20-10-15-6-16(11-20)8-17(7-15)12-20/h1-10,14,22-24,29H,11-13,15-19H2;2-9,20-22,26H,10-17H2,1H3;1-5,9,15-17,22H,6-8,10-13H2. The molecule has 0 spiro atoms. The van der Waals surface area contributed by atoms with E-state index in [4.69, 9.17) is 9.47 Å². The lowest BCUT2D eigenvalue weighted by molar-refractivity contribution is -0.0207. The van der Waals surface area contributed by atoms with Gasteiger partial charge in [0.15, 0.2) is 0 Å². The van der Waals surface area contributed by atoms with Crippen LogP contribution < -0.4 is 25.4 Å². The molecule has 0 radical (unpaired) electrons. The van der Waals surface area contributed by atoms with Crippen molar-refractivity contribution in [3.05, 3.63) is 185 Å². The van der Waals surface area contributed by atoms with Crippen LogP contribution in [0.15, 0.2) is 152 Å². The molecule has 0 amide bonds. The SMILES string of the molecule is Cc1cc(OCc2ccccc2)ccc1CNC12CC3CC(CC(C3)C1)C2.c1ccc2cc(COc3ccc(CNC45CC6CC(CC(C6)C4)C5)cc3)ccc2c1.c1cnc2ccc(CNC34CC5CC(CC(C5)C3)C4)cc2c1. The largest absolute Gasteiger partial charge is 0.489 e. The van der Waals surface area contributed by atoms with Gasteiger partial charge >= 0.3 is 0 Å². The second kappa shape index (κ2) is 22.1. The fraction of sp³-hybridized carbons (Fsp3) is 0.493. The first kappa shape index (κ1) is 51.6. The molecule has 0 unspecified atom stereocenters. The average Bonchev–Trinajstić information content (AvgIpc) is 3.56. The van der Waals surface area contributed by atoms with E-state index in [1.807, 2.05) is 18.3 Å². The molecule has 12 bridgehead atoms. The summed E-state index contributed by atoms with van der Waals surface area (Å²) >= 11 is 0. The normalized spacial score (nSPS) is 31.9. The summed E-state index contributed by atoms with van der Waals surface area (Å²) in [6, 6.07) is 51.6. The zero-order valence-electron chi connectivity index (χ0n) is 47.2. The van der Waals surface area contributed by atoms with Gasteiger partial charge in [0.25, 0.3) is 0 Å². The second-order valence-corrected chi connectivity index (χ2v) is 27.7. The third-order valence-electron chi connectivity index (χ3n) is 21.5. The molecule has 1 heterocycles. The van der Waals surface area contributed by atoms with Crippen LogP contribution in [0.1, 0.15) is 149 Å². The van der Waals surface area contributed by atoms with E-state index in [1.54, 1.807) is 0 Å². The molecule has 12 aliphatic carbocycles. The molecule has 0 saturated heterocycles. The van der Waals surface area contributed by atoms with Gasteiger partial charge in [-0.3, -0.25) is 4.98 Å². The summed E-state index contributed by atoms with van der Waals surface area (Å²) < 4.78 is 12.0. The van der Waals surface area contributed by atoms with Crippen molar-refractivity contribution in [3.8, 4) is 11.5 Å². The Morgan fingerprint density at radius 2 is 0.823 bits per heavy atom. The van der Waals surface area contributed by atoms with Crippen LogP contribution >= 0.6 is 0 Å². The van der Waals surface area contributed by atoms with Gasteiger partial charge in [-0.25, -0.2) is 0 Å². The molecule has 410 valence electrons. The number of hydrogen-bond acceptors (Lipinski definition) is 6. The summed E-state index contributed by atoms with van der Waals surface area (Å²) in [4.78, 5) is 4.42. The lowest BCUT2D eigenvalue weighted by Gasteiger charge is -2.57. The van der Waals surface area contributed by atoms with Crippen LogP contribution in [-0.2, 0) is 32.8 Å². The van der Waals surface area contributed by atoms with Gasteiger partial charge in [0.2, 0.25) is 0 Å². The van der Waals surface area contributed by atoms with E-state index >= 15 is 0 Å². The number of benzene rings is 6. The van der Waals surface area contributed by atoms with E-state index < -0.39 is 0 Å². The van der Waals surface area contributed by atoms with Gasteiger partial charge in [0, 0.05) is 47.8 Å². The van der Waals surface area contributed by atoms with Gasteiger partial charge in [-0.15, -0.1) is 0 Å². The third-order valence-corrected chi connectivity index (χ3v) is 21.5. The summed E-state index contributed by atoms with van der Waals surface area (Å²) in [7, 11) is 0. The van der Waals surface area contributed by atoms with Gasteiger partial charge in [0.1, 0.15) is 24.7 Å². The van der Waals surface area contributed by atoms with E-state index in [1.165, 1.54) is 165 Å². The Hall–Kier alpha value is -5.53. The van der Waals surface area contributed by atoms with E-state index in [2.05, 4.69) is 161 Å². The Labute approximate surface area is 471 Å². The number of fused-ring (bicyclic) bond motifs is 2. The monoisotopic (exact) mass is 1050 g/mol. The highest BCUT2D eigenvalue weighted by Gasteiger charge is 2.53. The van der Waals surface area contributed by atoms with Crippen LogP contribution in [0.5, 0.6) is 11.5 Å². The minimum Gasteiger partial charge on any atom is -0.489 e. The summed E-state index contributed by atoms with van der Waals surface area (Å²) in [5.41, 5.74) is 10.4. The summed E-state index contributed by atoms with van der Waals surface area (Å²) in [5, 5.41) is 15.8. The van der Waals surface area contributed by atoms with Crippen molar-refractivity contribution in [2.24, 2.45) is 53.3 Å². The first-order valence-electron chi connectivity index (χ1n) is 31.2. The second-order valence-electron chi connectivity index (χ2n) is 27.7. The van der Waals surface area contributed by atoms with Crippen molar-refractivity contribution in [1.29, 1.82) is 0 Å². The number of hydrogen-bond donors (Lipinski definition) is 3. The Morgan fingerprint density at radius 1 is 0.380 bits per heavy atom. The minimum atomic E-state index is 0.431. The maximum Gasteiger partial charge on any atom is 0.120 e. The molecule has 1 aromatic heterocycles. The highest BCUT2D eigenvalue weighted by molar-refractivity contribution is 5.83.